The highest BCUT2D eigenvalue weighted by Gasteiger charge is 2.33. The molecule has 0 saturated carbocycles. The van der Waals surface area contributed by atoms with E-state index in [9.17, 15) is 9.59 Å². The van der Waals surface area contributed by atoms with Crippen molar-refractivity contribution >= 4 is 33.9 Å². The molecule has 0 unspecified atom stereocenters. The Bertz CT molecular complexity index is 1370. The summed E-state index contributed by atoms with van der Waals surface area (Å²) in [6, 6.07) is 12.5. The van der Waals surface area contributed by atoms with Gasteiger partial charge < -0.3 is 9.47 Å². The van der Waals surface area contributed by atoms with Crippen LogP contribution in [0.3, 0.4) is 0 Å². The van der Waals surface area contributed by atoms with Gasteiger partial charge in [-0.15, -0.1) is 16.4 Å². The standard InChI is InChI=1S/C23H20N4O4S/c1-23(2)11-18(28)16-10-14(7-8-19(16)31-23)20(29)24-21-25-22-27(26-21)17(12-32-22)13-5-4-6-15(9-13)30-3/h4-10,12H,11H2,1-3H3,(H,24,26,29). The van der Waals surface area contributed by atoms with E-state index < -0.39 is 11.5 Å². The Kier molecular flexibility index (Phi) is 4.70. The fraction of sp³-hybridized carbons (Fsp3) is 0.217. The van der Waals surface area contributed by atoms with Crippen molar-refractivity contribution in [2.24, 2.45) is 0 Å². The molecule has 5 rings (SSSR count). The van der Waals surface area contributed by atoms with Gasteiger partial charge in [0.15, 0.2) is 5.78 Å². The number of ether oxygens (including phenoxy) is 2. The maximum atomic E-state index is 12.8. The van der Waals surface area contributed by atoms with Gasteiger partial charge in [0.1, 0.15) is 17.1 Å². The Morgan fingerprint density at radius 2 is 2.09 bits per heavy atom. The number of carbonyl (C=O) groups is 2. The average Bonchev–Trinajstić information content (AvgIpc) is 3.33. The van der Waals surface area contributed by atoms with Gasteiger partial charge in [0.2, 0.25) is 4.96 Å². The Hall–Kier alpha value is -3.72. The molecular formula is C23H20N4O4S. The van der Waals surface area contributed by atoms with E-state index in [1.54, 1.807) is 29.8 Å². The van der Waals surface area contributed by atoms with Crippen molar-refractivity contribution < 1.29 is 19.1 Å². The van der Waals surface area contributed by atoms with Crippen molar-refractivity contribution in [1.82, 2.24) is 14.6 Å². The Morgan fingerprint density at radius 3 is 2.91 bits per heavy atom. The molecular weight excluding hydrogens is 428 g/mol. The van der Waals surface area contributed by atoms with Crippen LogP contribution in [0.25, 0.3) is 16.2 Å². The Balaban J connectivity index is 1.41. The van der Waals surface area contributed by atoms with E-state index in [2.05, 4.69) is 15.4 Å². The maximum Gasteiger partial charge on any atom is 0.258 e. The smallest absolute Gasteiger partial charge is 0.258 e. The molecule has 2 aromatic carbocycles. The lowest BCUT2D eigenvalue weighted by molar-refractivity contribution is 0.0620. The van der Waals surface area contributed by atoms with Crippen molar-refractivity contribution in [1.29, 1.82) is 0 Å². The molecule has 0 saturated heterocycles. The van der Waals surface area contributed by atoms with Gasteiger partial charge in [-0.3, -0.25) is 14.9 Å². The van der Waals surface area contributed by atoms with Gasteiger partial charge in [-0.25, -0.2) is 4.52 Å². The summed E-state index contributed by atoms with van der Waals surface area (Å²) < 4.78 is 12.8. The topological polar surface area (TPSA) is 94.8 Å². The minimum atomic E-state index is -0.555. The van der Waals surface area contributed by atoms with Crippen LogP contribution < -0.4 is 14.8 Å². The monoisotopic (exact) mass is 448 g/mol. The van der Waals surface area contributed by atoms with Gasteiger partial charge >= 0.3 is 0 Å². The zero-order valence-corrected chi connectivity index (χ0v) is 18.5. The first-order valence-electron chi connectivity index (χ1n) is 9.99. The minimum Gasteiger partial charge on any atom is -0.497 e. The molecule has 0 fully saturated rings. The summed E-state index contributed by atoms with van der Waals surface area (Å²) in [5.41, 5.74) is 1.97. The van der Waals surface area contributed by atoms with Crippen molar-refractivity contribution in [2.45, 2.75) is 25.9 Å². The van der Waals surface area contributed by atoms with Crippen LogP contribution >= 0.6 is 11.3 Å². The summed E-state index contributed by atoms with van der Waals surface area (Å²) in [4.78, 5) is 30.3. The molecule has 0 aliphatic carbocycles. The number of Topliss-reactive ketones (excluding diaryl/α,β-unsaturated/α-hetero) is 1. The van der Waals surface area contributed by atoms with E-state index in [1.807, 2.05) is 43.5 Å². The molecule has 9 heteroatoms. The van der Waals surface area contributed by atoms with Crippen LogP contribution in [-0.4, -0.2) is 39.0 Å². The summed E-state index contributed by atoms with van der Waals surface area (Å²) in [6.07, 6.45) is 0.261. The third-order valence-electron chi connectivity index (χ3n) is 5.19. The predicted octanol–water partition coefficient (Wildman–Crippen LogP) is 4.46. The third-order valence-corrected chi connectivity index (χ3v) is 6.00. The molecule has 0 spiro atoms. The Morgan fingerprint density at radius 1 is 1.25 bits per heavy atom. The maximum absolute atomic E-state index is 12.8. The van der Waals surface area contributed by atoms with Gasteiger partial charge in [0.05, 0.1) is 24.8 Å². The minimum absolute atomic E-state index is 0.0468. The molecule has 32 heavy (non-hydrogen) atoms. The number of benzene rings is 2. The van der Waals surface area contributed by atoms with Crippen LogP contribution in [-0.2, 0) is 0 Å². The Labute approximate surface area is 187 Å². The molecule has 0 atom stereocenters. The number of nitrogens with one attached hydrogen (secondary N) is 1. The zero-order valence-electron chi connectivity index (χ0n) is 17.7. The van der Waals surface area contributed by atoms with Crippen molar-refractivity contribution in [3.8, 4) is 22.8 Å². The van der Waals surface area contributed by atoms with E-state index in [-0.39, 0.29) is 18.2 Å². The highest BCUT2D eigenvalue weighted by molar-refractivity contribution is 7.15. The van der Waals surface area contributed by atoms with Gasteiger partial charge in [-0.1, -0.05) is 12.1 Å². The molecule has 2 aromatic heterocycles. The van der Waals surface area contributed by atoms with Crippen LogP contribution in [0.5, 0.6) is 11.5 Å². The normalized spacial score (nSPS) is 14.7. The van der Waals surface area contributed by atoms with Crippen LogP contribution in [0.15, 0.2) is 47.8 Å². The number of rotatable bonds is 4. The lowest BCUT2D eigenvalue weighted by Gasteiger charge is -2.31. The number of hydrogen-bond acceptors (Lipinski definition) is 7. The van der Waals surface area contributed by atoms with Gasteiger partial charge in [0.25, 0.3) is 11.9 Å². The lowest BCUT2D eigenvalue weighted by atomic mass is 9.92. The van der Waals surface area contributed by atoms with Crippen molar-refractivity contribution in [3.05, 3.63) is 59.0 Å². The number of methoxy groups -OCH3 is 1. The number of thiazole rings is 1. The summed E-state index contributed by atoms with van der Waals surface area (Å²) in [7, 11) is 1.62. The second-order valence-corrected chi connectivity index (χ2v) is 8.95. The highest BCUT2D eigenvalue weighted by Crippen LogP contribution is 2.34. The van der Waals surface area contributed by atoms with E-state index in [0.717, 1.165) is 17.0 Å². The van der Waals surface area contributed by atoms with Crippen molar-refractivity contribution in [2.75, 3.05) is 12.4 Å². The van der Waals surface area contributed by atoms with E-state index in [4.69, 9.17) is 9.47 Å². The lowest BCUT2D eigenvalue weighted by Crippen LogP contribution is -2.36. The molecule has 8 nitrogen and oxygen atoms in total. The largest absolute Gasteiger partial charge is 0.497 e. The quantitative estimate of drug-likeness (QED) is 0.495. The first kappa shape index (κ1) is 20.2. The number of aromatic nitrogens is 3. The first-order valence-corrected chi connectivity index (χ1v) is 10.9. The zero-order chi connectivity index (χ0) is 22.5. The number of ketones is 1. The number of carbonyl (C=O) groups excluding carboxylic acids is 2. The number of anilines is 1. The van der Waals surface area contributed by atoms with Crippen LogP contribution in [0.1, 0.15) is 41.0 Å². The molecule has 1 aliphatic rings. The summed E-state index contributed by atoms with van der Waals surface area (Å²) >= 11 is 1.42. The van der Waals surface area contributed by atoms with E-state index in [1.165, 1.54) is 11.3 Å². The van der Waals surface area contributed by atoms with Gasteiger partial charge in [0, 0.05) is 16.5 Å². The number of hydrogen-bond donors (Lipinski definition) is 1. The third kappa shape index (κ3) is 3.60. The number of nitrogens with zero attached hydrogens (tertiary/aromatic N) is 3. The van der Waals surface area contributed by atoms with Gasteiger partial charge in [-0.05, 0) is 44.2 Å². The fourth-order valence-electron chi connectivity index (χ4n) is 3.68. The predicted molar refractivity (Wildman–Crippen MR) is 121 cm³/mol. The molecule has 4 aromatic rings. The van der Waals surface area contributed by atoms with E-state index in [0.29, 0.717) is 21.8 Å². The molecule has 0 bridgehead atoms. The van der Waals surface area contributed by atoms with Crippen LogP contribution in [0.4, 0.5) is 5.95 Å². The second-order valence-electron chi connectivity index (χ2n) is 8.11. The summed E-state index contributed by atoms with van der Waals surface area (Å²) in [6.45, 7) is 3.73. The SMILES string of the molecule is COc1cccc(-c2csc3nc(NC(=O)c4ccc5c(c4)C(=O)CC(C)(C)O5)nn23)c1. The summed E-state index contributed by atoms with van der Waals surface area (Å²) in [5, 5.41) is 9.11. The molecule has 3 heterocycles. The van der Waals surface area contributed by atoms with Crippen LogP contribution in [0, 0.1) is 0 Å². The summed E-state index contributed by atoms with van der Waals surface area (Å²) in [5.74, 6) is 0.977. The molecule has 162 valence electrons. The molecule has 1 N–H and O–H groups in total. The highest BCUT2D eigenvalue weighted by atomic mass is 32.1. The molecule has 1 amide bonds. The fourth-order valence-corrected chi connectivity index (χ4v) is 4.51. The average molecular weight is 449 g/mol. The first-order chi connectivity index (χ1) is 15.3. The van der Waals surface area contributed by atoms with Crippen molar-refractivity contribution in [3.63, 3.8) is 0 Å². The molecule has 1 aliphatic heterocycles. The van der Waals surface area contributed by atoms with Crippen LogP contribution in [0.2, 0.25) is 0 Å². The molecule has 0 radical (unpaired) electrons. The number of amides is 1. The van der Waals surface area contributed by atoms with E-state index >= 15 is 0 Å². The second kappa shape index (κ2) is 7.45. The van der Waals surface area contributed by atoms with Gasteiger partial charge in [-0.2, -0.15) is 4.98 Å². The number of fused-ring (bicyclic) bond motifs is 2.